The van der Waals surface area contributed by atoms with Crippen LogP contribution in [0.1, 0.15) is 0 Å². The van der Waals surface area contributed by atoms with E-state index in [1.165, 1.54) is 56.6 Å². The van der Waals surface area contributed by atoms with Gasteiger partial charge in [0.2, 0.25) is 26.0 Å². The quantitative estimate of drug-likeness (QED) is 0.516. The maximum atomic E-state index is 14.0. The molecule has 1 N–H and O–H groups in total. The molecule has 0 fully saturated rings. The molecule has 170 valence electrons. The van der Waals surface area contributed by atoms with Gasteiger partial charge in [-0.3, -0.25) is 9.10 Å². The van der Waals surface area contributed by atoms with Crippen LogP contribution >= 0.6 is 0 Å². The molecule has 0 aromatic heterocycles. The lowest BCUT2D eigenvalue weighted by atomic mass is 10.3. The highest BCUT2D eigenvalue weighted by Gasteiger charge is 2.23. The molecule has 0 aliphatic heterocycles. The molecule has 0 radical (unpaired) electrons. The van der Waals surface area contributed by atoms with Crippen molar-refractivity contribution in [3.63, 3.8) is 0 Å². The molecule has 0 saturated heterocycles. The molecule has 1 amide bonds. The molecule has 12 heteroatoms. The zero-order chi connectivity index (χ0) is 23.2. The second kappa shape index (κ2) is 10.1. The first-order chi connectivity index (χ1) is 14.4. The van der Waals surface area contributed by atoms with Gasteiger partial charge in [0.15, 0.2) is 0 Å². The summed E-state index contributed by atoms with van der Waals surface area (Å²) < 4.78 is 69.2. The van der Waals surface area contributed by atoms with Gasteiger partial charge >= 0.3 is 0 Å². The van der Waals surface area contributed by atoms with Gasteiger partial charge in [0.25, 0.3) is 0 Å². The van der Waals surface area contributed by atoms with E-state index in [-0.39, 0.29) is 23.7 Å². The predicted molar refractivity (Wildman–Crippen MR) is 114 cm³/mol. The molecule has 0 saturated carbocycles. The molecule has 0 aliphatic carbocycles. The van der Waals surface area contributed by atoms with Crippen LogP contribution < -0.4 is 14.4 Å². The molecule has 0 unspecified atom stereocenters. The average molecular weight is 474 g/mol. The van der Waals surface area contributed by atoms with Gasteiger partial charge in [0.05, 0.1) is 23.4 Å². The first-order valence-electron chi connectivity index (χ1n) is 9.07. The zero-order valence-corrected chi connectivity index (χ0v) is 18.9. The minimum atomic E-state index is -3.88. The number of nitrogens with zero attached hydrogens (tertiary/aromatic N) is 2. The number of amides is 1. The lowest BCUT2D eigenvalue weighted by Crippen LogP contribution is -2.41. The topological polar surface area (TPSA) is 113 Å². The number of benzene rings is 2. The van der Waals surface area contributed by atoms with E-state index in [1.54, 1.807) is 0 Å². The van der Waals surface area contributed by atoms with E-state index < -0.39 is 38.3 Å². The SMILES string of the molecule is CN(C)S(=O)(=O)c1ccc(OCCNC(=O)CN(c2ccccc2F)S(C)(=O)=O)cc1. The van der Waals surface area contributed by atoms with E-state index in [2.05, 4.69) is 5.32 Å². The highest BCUT2D eigenvalue weighted by molar-refractivity contribution is 7.92. The molecule has 0 bridgehead atoms. The van der Waals surface area contributed by atoms with Crippen LogP contribution in [-0.2, 0) is 24.8 Å². The van der Waals surface area contributed by atoms with Gasteiger partial charge in [-0.25, -0.2) is 25.5 Å². The molecule has 0 heterocycles. The van der Waals surface area contributed by atoms with Gasteiger partial charge in [-0.05, 0) is 36.4 Å². The van der Waals surface area contributed by atoms with E-state index in [0.29, 0.717) is 10.1 Å². The van der Waals surface area contributed by atoms with Crippen LogP contribution in [0.25, 0.3) is 0 Å². The summed E-state index contributed by atoms with van der Waals surface area (Å²) in [6.45, 7) is -0.466. The monoisotopic (exact) mass is 473 g/mol. The minimum Gasteiger partial charge on any atom is -0.492 e. The highest BCUT2D eigenvalue weighted by Crippen LogP contribution is 2.21. The number of para-hydroxylation sites is 1. The Labute approximate surface area is 181 Å². The Morgan fingerprint density at radius 2 is 1.65 bits per heavy atom. The second-order valence-corrected chi connectivity index (χ2v) is 10.7. The summed E-state index contributed by atoms with van der Waals surface area (Å²) in [4.78, 5) is 12.3. The third-order valence-corrected chi connectivity index (χ3v) is 7.06. The molecular formula is C19H24FN3O6S2. The first-order valence-corrected chi connectivity index (χ1v) is 12.4. The van der Waals surface area contributed by atoms with Crippen molar-refractivity contribution < 1.29 is 30.8 Å². The van der Waals surface area contributed by atoms with E-state index in [9.17, 15) is 26.0 Å². The van der Waals surface area contributed by atoms with Gasteiger partial charge in [-0.15, -0.1) is 0 Å². The maximum Gasteiger partial charge on any atom is 0.242 e. The Morgan fingerprint density at radius 1 is 1.03 bits per heavy atom. The number of carbonyl (C=O) groups excluding carboxylic acids is 1. The van der Waals surface area contributed by atoms with Crippen molar-refractivity contribution in [1.82, 2.24) is 9.62 Å². The summed E-state index contributed by atoms with van der Waals surface area (Å²) in [5, 5.41) is 2.50. The van der Waals surface area contributed by atoms with Crippen LogP contribution in [0, 0.1) is 5.82 Å². The van der Waals surface area contributed by atoms with Crippen molar-refractivity contribution in [3.8, 4) is 5.75 Å². The largest absolute Gasteiger partial charge is 0.492 e. The zero-order valence-electron chi connectivity index (χ0n) is 17.3. The lowest BCUT2D eigenvalue weighted by molar-refractivity contribution is -0.119. The molecule has 31 heavy (non-hydrogen) atoms. The van der Waals surface area contributed by atoms with Crippen molar-refractivity contribution in [2.24, 2.45) is 0 Å². The average Bonchev–Trinajstić information content (AvgIpc) is 2.69. The molecule has 2 aromatic rings. The van der Waals surface area contributed by atoms with Crippen LogP contribution in [0.15, 0.2) is 53.4 Å². The summed E-state index contributed by atoms with van der Waals surface area (Å²) >= 11 is 0. The van der Waals surface area contributed by atoms with E-state index in [0.717, 1.165) is 16.6 Å². The van der Waals surface area contributed by atoms with Crippen molar-refractivity contribution in [1.29, 1.82) is 0 Å². The van der Waals surface area contributed by atoms with Crippen LogP contribution in [0.3, 0.4) is 0 Å². The number of sulfonamides is 2. The van der Waals surface area contributed by atoms with Gasteiger partial charge in [-0.2, -0.15) is 0 Å². The normalized spacial score (nSPS) is 11.9. The Balaban J connectivity index is 1.90. The molecule has 2 rings (SSSR count). The smallest absolute Gasteiger partial charge is 0.242 e. The fraction of sp³-hybridized carbons (Fsp3) is 0.316. The van der Waals surface area contributed by atoms with Gasteiger partial charge in [-0.1, -0.05) is 12.1 Å². The fourth-order valence-corrected chi connectivity index (χ4v) is 4.26. The summed E-state index contributed by atoms with van der Waals surface area (Å²) in [6, 6.07) is 11.0. The van der Waals surface area contributed by atoms with Crippen LogP contribution in [0.2, 0.25) is 0 Å². The molecular weight excluding hydrogens is 449 g/mol. The first kappa shape index (κ1) is 24.6. The summed E-state index contributed by atoms with van der Waals surface area (Å²) in [6.07, 6.45) is 0.885. The molecule has 0 atom stereocenters. The van der Waals surface area contributed by atoms with E-state index >= 15 is 0 Å². The number of ether oxygens (including phenoxy) is 1. The summed E-state index contributed by atoms with van der Waals surface area (Å²) in [5.74, 6) is -0.996. The van der Waals surface area contributed by atoms with Crippen LogP contribution in [-0.4, -0.2) is 67.1 Å². The van der Waals surface area contributed by atoms with Crippen LogP contribution in [0.4, 0.5) is 10.1 Å². The van der Waals surface area contributed by atoms with Gasteiger partial charge < -0.3 is 10.1 Å². The summed E-state index contributed by atoms with van der Waals surface area (Å²) in [7, 11) is -4.56. The number of rotatable bonds is 10. The van der Waals surface area contributed by atoms with Crippen molar-refractivity contribution in [2.45, 2.75) is 4.90 Å². The fourth-order valence-electron chi connectivity index (χ4n) is 2.50. The highest BCUT2D eigenvalue weighted by atomic mass is 32.2. The number of nitrogens with one attached hydrogen (secondary N) is 1. The van der Waals surface area contributed by atoms with Crippen molar-refractivity contribution in [3.05, 3.63) is 54.3 Å². The van der Waals surface area contributed by atoms with Gasteiger partial charge in [0, 0.05) is 14.1 Å². The molecule has 0 aliphatic rings. The third kappa shape index (κ3) is 6.64. The van der Waals surface area contributed by atoms with Crippen molar-refractivity contribution >= 4 is 31.6 Å². The van der Waals surface area contributed by atoms with E-state index in [1.807, 2.05) is 0 Å². The van der Waals surface area contributed by atoms with E-state index in [4.69, 9.17) is 4.74 Å². The number of carbonyl (C=O) groups is 1. The Hall–Kier alpha value is -2.70. The molecule has 0 spiro atoms. The summed E-state index contributed by atoms with van der Waals surface area (Å²) in [5.41, 5.74) is -0.218. The minimum absolute atomic E-state index is 0.0596. The maximum absolute atomic E-state index is 14.0. The Bertz CT molecular complexity index is 1120. The number of anilines is 1. The number of hydrogen-bond acceptors (Lipinski definition) is 6. The lowest BCUT2D eigenvalue weighted by Gasteiger charge is -2.22. The standard InChI is InChI=1S/C19H24FN3O6S2/c1-22(2)31(27,28)16-10-8-15(9-11-16)29-13-12-21-19(24)14-23(30(3,25)26)18-7-5-4-6-17(18)20/h4-11H,12-14H2,1-3H3,(H,21,24). The Morgan fingerprint density at radius 3 is 2.19 bits per heavy atom. The van der Waals surface area contributed by atoms with Crippen LogP contribution in [0.5, 0.6) is 5.75 Å². The Kier molecular flexibility index (Phi) is 7.98. The van der Waals surface area contributed by atoms with Crippen molar-refractivity contribution in [2.75, 3.05) is 44.4 Å². The third-order valence-electron chi connectivity index (χ3n) is 4.10. The second-order valence-electron chi connectivity index (χ2n) is 6.68. The predicted octanol–water partition coefficient (Wildman–Crippen LogP) is 1.04. The number of halogens is 1. The van der Waals surface area contributed by atoms with Gasteiger partial charge in [0.1, 0.15) is 24.7 Å². The molecule has 9 nitrogen and oxygen atoms in total. The molecule has 2 aromatic carbocycles. The number of hydrogen-bond donors (Lipinski definition) is 1.